The Bertz CT molecular complexity index is 462. The Morgan fingerprint density at radius 2 is 2.29 bits per heavy atom. The molecule has 0 radical (unpaired) electrons. The van der Waals surface area contributed by atoms with Gasteiger partial charge in [0.2, 0.25) is 0 Å². The Kier molecular flexibility index (Phi) is 2.21. The highest BCUT2D eigenvalue weighted by atomic mass is 19.1. The fourth-order valence-corrected chi connectivity index (χ4v) is 1.61. The van der Waals surface area contributed by atoms with E-state index in [0.717, 1.165) is 11.4 Å². The molecule has 0 aromatic carbocycles. The van der Waals surface area contributed by atoms with Crippen molar-refractivity contribution in [3.05, 3.63) is 35.5 Å². The zero-order valence-corrected chi connectivity index (χ0v) is 8.00. The molecule has 0 aliphatic rings. The number of imidazole rings is 1. The van der Waals surface area contributed by atoms with Crippen molar-refractivity contribution < 1.29 is 4.39 Å². The molecule has 2 heterocycles. The van der Waals surface area contributed by atoms with Crippen molar-refractivity contribution in [1.29, 1.82) is 0 Å². The maximum absolute atomic E-state index is 13.4. The summed E-state index contributed by atoms with van der Waals surface area (Å²) in [7, 11) is 0. The van der Waals surface area contributed by atoms with E-state index in [1.165, 1.54) is 10.5 Å². The van der Waals surface area contributed by atoms with Crippen LogP contribution in [0.25, 0.3) is 5.65 Å². The second kappa shape index (κ2) is 3.38. The lowest BCUT2D eigenvalue weighted by Gasteiger charge is -1.98. The quantitative estimate of drug-likeness (QED) is 0.730. The van der Waals surface area contributed by atoms with Crippen molar-refractivity contribution in [2.75, 3.05) is 6.54 Å². The van der Waals surface area contributed by atoms with E-state index in [2.05, 4.69) is 4.98 Å². The van der Waals surface area contributed by atoms with Crippen LogP contribution in [0.5, 0.6) is 0 Å². The minimum atomic E-state index is -0.282. The molecule has 2 N–H and O–H groups in total. The fourth-order valence-electron chi connectivity index (χ4n) is 1.61. The van der Waals surface area contributed by atoms with Crippen LogP contribution in [0, 0.1) is 12.9 Å². The van der Waals surface area contributed by atoms with Gasteiger partial charge in [0.05, 0.1) is 5.69 Å². The molecular weight excluding hydrogens is 181 g/mol. The zero-order chi connectivity index (χ0) is 10.1. The lowest BCUT2D eigenvalue weighted by molar-refractivity contribution is 0.563. The number of aryl methyl sites for hydroxylation is 1. The highest BCUT2D eigenvalue weighted by Crippen LogP contribution is 2.13. The van der Waals surface area contributed by atoms with Crippen molar-refractivity contribution in [3.8, 4) is 0 Å². The summed E-state index contributed by atoms with van der Waals surface area (Å²) in [6.07, 6.45) is 0.687. The number of halogens is 1. The number of aromatic nitrogens is 2. The summed E-state index contributed by atoms with van der Waals surface area (Å²) in [5, 5.41) is 0. The van der Waals surface area contributed by atoms with Gasteiger partial charge >= 0.3 is 0 Å². The summed E-state index contributed by atoms with van der Waals surface area (Å²) in [6.45, 7) is 2.39. The number of fused-ring (bicyclic) bond motifs is 1. The molecule has 0 atom stereocenters. The molecule has 0 amide bonds. The monoisotopic (exact) mass is 193 g/mol. The summed E-state index contributed by atoms with van der Waals surface area (Å²) in [5.74, 6) is -0.282. The second-order valence-corrected chi connectivity index (χ2v) is 3.22. The van der Waals surface area contributed by atoms with Gasteiger partial charge in [-0.05, 0) is 25.6 Å². The van der Waals surface area contributed by atoms with Crippen LogP contribution >= 0.6 is 0 Å². The molecular formula is C10H12FN3. The first-order valence-electron chi connectivity index (χ1n) is 4.56. The molecule has 0 aliphatic heterocycles. The van der Waals surface area contributed by atoms with Gasteiger partial charge in [0.25, 0.3) is 0 Å². The third kappa shape index (κ3) is 1.28. The minimum Gasteiger partial charge on any atom is -0.330 e. The van der Waals surface area contributed by atoms with E-state index in [0.29, 0.717) is 18.6 Å². The van der Waals surface area contributed by atoms with Crippen LogP contribution in [0.15, 0.2) is 18.2 Å². The molecule has 0 saturated carbocycles. The van der Waals surface area contributed by atoms with Gasteiger partial charge in [-0.2, -0.15) is 4.39 Å². The van der Waals surface area contributed by atoms with Gasteiger partial charge < -0.3 is 5.73 Å². The number of hydrogen-bond donors (Lipinski definition) is 1. The average Bonchev–Trinajstić information content (AvgIpc) is 2.46. The summed E-state index contributed by atoms with van der Waals surface area (Å²) in [4.78, 5) is 4.31. The first kappa shape index (κ1) is 9.15. The highest BCUT2D eigenvalue weighted by Gasteiger charge is 2.09. The molecule has 0 spiro atoms. The summed E-state index contributed by atoms with van der Waals surface area (Å²) < 4.78 is 14.9. The van der Waals surface area contributed by atoms with Gasteiger partial charge in [-0.25, -0.2) is 4.98 Å². The first-order chi connectivity index (χ1) is 6.74. The van der Waals surface area contributed by atoms with E-state index in [9.17, 15) is 4.39 Å². The predicted molar refractivity (Wildman–Crippen MR) is 52.6 cm³/mol. The molecule has 0 aliphatic carbocycles. The van der Waals surface area contributed by atoms with Gasteiger partial charge in [0.15, 0.2) is 5.95 Å². The van der Waals surface area contributed by atoms with E-state index < -0.39 is 0 Å². The normalized spacial score (nSPS) is 11.1. The molecule has 0 unspecified atom stereocenters. The van der Waals surface area contributed by atoms with Gasteiger partial charge in [0.1, 0.15) is 5.65 Å². The third-order valence-corrected chi connectivity index (χ3v) is 2.31. The molecule has 0 saturated heterocycles. The average molecular weight is 193 g/mol. The van der Waals surface area contributed by atoms with Crippen molar-refractivity contribution in [3.63, 3.8) is 0 Å². The van der Waals surface area contributed by atoms with E-state index in [1.54, 1.807) is 12.1 Å². The molecule has 0 fully saturated rings. The summed E-state index contributed by atoms with van der Waals surface area (Å²) in [5.41, 5.74) is 7.80. The van der Waals surface area contributed by atoms with Crippen LogP contribution in [-0.4, -0.2) is 15.9 Å². The second-order valence-electron chi connectivity index (χ2n) is 3.22. The van der Waals surface area contributed by atoms with Crippen molar-refractivity contribution in [2.45, 2.75) is 13.3 Å². The van der Waals surface area contributed by atoms with Crippen LogP contribution in [0.1, 0.15) is 11.4 Å². The molecule has 74 valence electrons. The largest absolute Gasteiger partial charge is 0.330 e. The molecule has 2 rings (SSSR count). The lowest BCUT2D eigenvalue weighted by Crippen LogP contribution is -2.04. The molecule has 2 aromatic rings. The SMILES string of the molecule is Cc1c(CCN)nc2cccc(F)n12. The Hall–Kier alpha value is -1.42. The van der Waals surface area contributed by atoms with Crippen LogP contribution in [-0.2, 0) is 6.42 Å². The molecule has 0 bridgehead atoms. The third-order valence-electron chi connectivity index (χ3n) is 2.31. The number of hydrogen-bond acceptors (Lipinski definition) is 2. The number of pyridine rings is 1. The smallest absolute Gasteiger partial charge is 0.199 e. The van der Waals surface area contributed by atoms with Crippen LogP contribution in [0.2, 0.25) is 0 Å². The Morgan fingerprint density at radius 3 is 2.93 bits per heavy atom. The van der Waals surface area contributed by atoms with Crippen molar-refractivity contribution in [1.82, 2.24) is 9.38 Å². The number of nitrogens with two attached hydrogens (primary N) is 1. The fraction of sp³-hybridized carbons (Fsp3) is 0.300. The maximum atomic E-state index is 13.4. The molecule has 3 nitrogen and oxygen atoms in total. The highest BCUT2D eigenvalue weighted by molar-refractivity contribution is 5.43. The van der Waals surface area contributed by atoms with E-state index >= 15 is 0 Å². The van der Waals surface area contributed by atoms with Crippen molar-refractivity contribution >= 4 is 5.65 Å². The molecule has 14 heavy (non-hydrogen) atoms. The van der Waals surface area contributed by atoms with Crippen LogP contribution in [0.3, 0.4) is 0 Å². The van der Waals surface area contributed by atoms with Crippen LogP contribution in [0.4, 0.5) is 4.39 Å². The zero-order valence-electron chi connectivity index (χ0n) is 8.00. The van der Waals surface area contributed by atoms with Crippen LogP contribution < -0.4 is 5.73 Å². The van der Waals surface area contributed by atoms with Crippen molar-refractivity contribution in [2.24, 2.45) is 5.73 Å². The summed E-state index contributed by atoms with van der Waals surface area (Å²) in [6, 6.07) is 4.87. The number of nitrogens with zero attached hydrogens (tertiary/aromatic N) is 2. The number of rotatable bonds is 2. The first-order valence-corrected chi connectivity index (χ1v) is 4.56. The predicted octanol–water partition coefficient (Wildman–Crippen LogP) is 1.28. The Balaban J connectivity index is 2.68. The van der Waals surface area contributed by atoms with E-state index in [4.69, 9.17) is 5.73 Å². The topological polar surface area (TPSA) is 43.3 Å². The van der Waals surface area contributed by atoms with E-state index in [-0.39, 0.29) is 5.95 Å². The standard InChI is InChI=1S/C10H12FN3/c1-7-8(5-6-12)13-10-4-2-3-9(11)14(7)10/h2-4H,5-6,12H2,1H3. The minimum absolute atomic E-state index is 0.282. The van der Waals surface area contributed by atoms with Gasteiger partial charge in [-0.3, -0.25) is 4.40 Å². The summed E-state index contributed by atoms with van der Waals surface area (Å²) >= 11 is 0. The molecule has 2 aromatic heterocycles. The van der Waals surface area contributed by atoms with Gasteiger partial charge in [-0.15, -0.1) is 0 Å². The lowest BCUT2D eigenvalue weighted by atomic mass is 10.2. The molecule has 4 heteroatoms. The van der Waals surface area contributed by atoms with Gasteiger partial charge in [0, 0.05) is 12.1 Å². The Morgan fingerprint density at radius 1 is 1.50 bits per heavy atom. The van der Waals surface area contributed by atoms with E-state index in [1.807, 2.05) is 6.92 Å². The maximum Gasteiger partial charge on any atom is 0.199 e. The van der Waals surface area contributed by atoms with Gasteiger partial charge in [-0.1, -0.05) is 6.07 Å². The Labute approximate surface area is 81.4 Å².